The number of carbonyl (C=O) groups is 1. The SMILES string of the molecule is Cc1ccc(CNC(=O)c2ccc(C#CCN)cn2)cn1. The van der Waals surface area contributed by atoms with Crippen LogP contribution in [0.2, 0.25) is 0 Å². The van der Waals surface area contributed by atoms with Gasteiger partial charge in [0.2, 0.25) is 0 Å². The molecular formula is C16H16N4O. The highest BCUT2D eigenvalue weighted by Crippen LogP contribution is 2.01. The molecule has 0 unspecified atom stereocenters. The summed E-state index contributed by atoms with van der Waals surface area (Å²) in [7, 11) is 0. The number of aromatic nitrogens is 2. The minimum Gasteiger partial charge on any atom is -0.347 e. The fourth-order valence-electron chi connectivity index (χ4n) is 1.63. The van der Waals surface area contributed by atoms with Gasteiger partial charge in [-0.15, -0.1) is 0 Å². The fourth-order valence-corrected chi connectivity index (χ4v) is 1.63. The second-order valence-electron chi connectivity index (χ2n) is 4.43. The third-order valence-corrected chi connectivity index (χ3v) is 2.76. The van der Waals surface area contributed by atoms with E-state index in [-0.39, 0.29) is 5.91 Å². The van der Waals surface area contributed by atoms with Crippen LogP contribution in [-0.2, 0) is 6.54 Å². The molecule has 0 spiro atoms. The van der Waals surface area contributed by atoms with E-state index in [0.717, 1.165) is 16.8 Å². The zero-order valence-corrected chi connectivity index (χ0v) is 11.8. The predicted octanol–water partition coefficient (Wildman–Crippen LogP) is 1.03. The average Bonchev–Trinajstić information content (AvgIpc) is 2.52. The number of carbonyl (C=O) groups excluding carboxylic acids is 1. The second-order valence-corrected chi connectivity index (χ2v) is 4.43. The lowest BCUT2D eigenvalue weighted by molar-refractivity contribution is 0.0946. The average molecular weight is 280 g/mol. The van der Waals surface area contributed by atoms with Crippen molar-refractivity contribution in [2.24, 2.45) is 5.73 Å². The van der Waals surface area contributed by atoms with Crippen molar-refractivity contribution in [1.29, 1.82) is 0 Å². The van der Waals surface area contributed by atoms with Gasteiger partial charge < -0.3 is 11.1 Å². The Labute approximate surface area is 123 Å². The molecule has 0 aliphatic carbocycles. The number of aryl methyl sites for hydroxylation is 1. The molecule has 3 N–H and O–H groups in total. The van der Waals surface area contributed by atoms with Crippen molar-refractivity contribution < 1.29 is 4.79 Å². The Bertz CT molecular complexity index is 666. The van der Waals surface area contributed by atoms with Gasteiger partial charge in [-0.25, -0.2) is 4.98 Å². The summed E-state index contributed by atoms with van der Waals surface area (Å²) in [5.74, 6) is 5.36. The highest BCUT2D eigenvalue weighted by molar-refractivity contribution is 5.92. The van der Waals surface area contributed by atoms with Crippen LogP contribution < -0.4 is 11.1 Å². The van der Waals surface area contributed by atoms with Crippen molar-refractivity contribution >= 4 is 5.91 Å². The van der Waals surface area contributed by atoms with Crippen LogP contribution in [0.25, 0.3) is 0 Å². The lowest BCUT2D eigenvalue weighted by Gasteiger charge is -2.05. The fraction of sp³-hybridized carbons (Fsp3) is 0.188. The lowest BCUT2D eigenvalue weighted by Crippen LogP contribution is -2.23. The van der Waals surface area contributed by atoms with E-state index in [1.807, 2.05) is 19.1 Å². The number of rotatable bonds is 3. The monoisotopic (exact) mass is 280 g/mol. The maximum Gasteiger partial charge on any atom is 0.270 e. The Balaban J connectivity index is 1.95. The van der Waals surface area contributed by atoms with Crippen LogP contribution in [0.15, 0.2) is 36.7 Å². The van der Waals surface area contributed by atoms with E-state index >= 15 is 0 Å². The van der Waals surface area contributed by atoms with Crippen molar-refractivity contribution in [1.82, 2.24) is 15.3 Å². The first-order chi connectivity index (χ1) is 10.2. The van der Waals surface area contributed by atoms with Gasteiger partial charge in [-0.2, -0.15) is 0 Å². The maximum absolute atomic E-state index is 12.0. The molecule has 21 heavy (non-hydrogen) atoms. The largest absolute Gasteiger partial charge is 0.347 e. The Kier molecular flexibility index (Phi) is 5.02. The number of hydrogen-bond acceptors (Lipinski definition) is 4. The maximum atomic E-state index is 12.0. The number of pyridine rings is 2. The molecule has 0 radical (unpaired) electrons. The number of nitrogens with zero attached hydrogens (tertiary/aromatic N) is 2. The molecular weight excluding hydrogens is 264 g/mol. The van der Waals surface area contributed by atoms with E-state index in [1.165, 1.54) is 0 Å². The smallest absolute Gasteiger partial charge is 0.270 e. The summed E-state index contributed by atoms with van der Waals surface area (Å²) in [6.07, 6.45) is 3.31. The van der Waals surface area contributed by atoms with E-state index in [2.05, 4.69) is 27.1 Å². The van der Waals surface area contributed by atoms with Crippen LogP contribution in [-0.4, -0.2) is 22.4 Å². The molecule has 5 nitrogen and oxygen atoms in total. The number of nitrogens with one attached hydrogen (secondary N) is 1. The summed E-state index contributed by atoms with van der Waals surface area (Å²) in [4.78, 5) is 20.2. The molecule has 0 saturated heterocycles. The van der Waals surface area contributed by atoms with Gasteiger partial charge in [0.25, 0.3) is 5.91 Å². The molecule has 0 bridgehead atoms. The summed E-state index contributed by atoms with van der Waals surface area (Å²) in [6.45, 7) is 2.64. The predicted molar refractivity (Wildman–Crippen MR) is 80.3 cm³/mol. The van der Waals surface area contributed by atoms with Crippen LogP contribution in [0.1, 0.15) is 27.3 Å². The third kappa shape index (κ3) is 4.41. The van der Waals surface area contributed by atoms with E-state index in [0.29, 0.717) is 18.8 Å². The molecule has 5 heteroatoms. The summed E-state index contributed by atoms with van der Waals surface area (Å²) in [6, 6.07) is 7.23. The molecule has 0 aliphatic heterocycles. The first-order valence-electron chi connectivity index (χ1n) is 6.54. The number of nitrogens with two attached hydrogens (primary N) is 1. The van der Waals surface area contributed by atoms with Gasteiger partial charge in [0.15, 0.2) is 0 Å². The molecule has 106 valence electrons. The molecule has 2 heterocycles. The van der Waals surface area contributed by atoms with Crippen molar-refractivity contribution in [2.45, 2.75) is 13.5 Å². The zero-order chi connectivity index (χ0) is 15.1. The summed E-state index contributed by atoms with van der Waals surface area (Å²) in [5, 5.41) is 2.80. The van der Waals surface area contributed by atoms with E-state index in [9.17, 15) is 4.79 Å². The normalized spacial score (nSPS) is 9.62. The number of amides is 1. The van der Waals surface area contributed by atoms with Gasteiger partial charge in [0, 0.05) is 30.2 Å². The van der Waals surface area contributed by atoms with E-state index in [1.54, 1.807) is 24.5 Å². The first kappa shape index (κ1) is 14.7. The summed E-state index contributed by atoms with van der Waals surface area (Å²) < 4.78 is 0. The highest BCUT2D eigenvalue weighted by atomic mass is 16.1. The summed E-state index contributed by atoms with van der Waals surface area (Å²) in [5.41, 5.74) is 8.28. The second kappa shape index (κ2) is 7.17. The molecule has 2 aromatic heterocycles. The van der Waals surface area contributed by atoms with E-state index in [4.69, 9.17) is 5.73 Å². The van der Waals surface area contributed by atoms with Gasteiger partial charge in [-0.3, -0.25) is 9.78 Å². The molecule has 2 aromatic rings. The molecule has 2 rings (SSSR count). The quantitative estimate of drug-likeness (QED) is 0.823. The minimum absolute atomic E-state index is 0.228. The Morgan fingerprint density at radius 1 is 1.24 bits per heavy atom. The van der Waals surface area contributed by atoms with Gasteiger partial charge in [0.05, 0.1) is 6.54 Å². The molecule has 0 saturated carbocycles. The van der Waals surface area contributed by atoms with Gasteiger partial charge in [-0.1, -0.05) is 17.9 Å². The van der Waals surface area contributed by atoms with Crippen molar-refractivity contribution in [3.63, 3.8) is 0 Å². The Hall–Kier alpha value is -2.71. The van der Waals surface area contributed by atoms with Gasteiger partial charge >= 0.3 is 0 Å². The van der Waals surface area contributed by atoms with Crippen LogP contribution >= 0.6 is 0 Å². The standard InChI is InChI=1S/C16H16N4O/c1-12-4-5-14(10-18-12)11-20-16(21)15-7-6-13(9-19-15)3-2-8-17/h4-7,9-10H,8,11,17H2,1H3,(H,20,21). The van der Waals surface area contributed by atoms with Crippen molar-refractivity contribution in [3.8, 4) is 11.8 Å². The van der Waals surface area contributed by atoms with Crippen molar-refractivity contribution in [3.05, 3.63) is 59.2 Å². The molecule has 0 aliphatic rings. The summed E-state index contributed by atoms with van der Waals surface area (Å²) >= 11 is 0. The van der Waals surface area contributed by atoms with Crippen molar-refractivity contribution in [2.75, 3.05) is 6.54 Å². The topological polar surface area (TPSA) is 80.9 Å². The highest BCUT2D eigenvalue weighted by Gasteiger charge is 2.06. The molecule has 0 fully saturated rings. The molecule has 1 amide bonds. The van der Waals surface area contributed by atoms with Crippen LogP contribution in [0, 0.1) is 18.8 Å². The Morgan fingerprint density at radius 3 is 2.71 bits per heavy atom. The van der Waals surface area contributed by atoms with Crippen LogP contribution in [0.3, 0.4) is 0 Å². The van der Waals surface area contributed by atoms with Gasteiger partial charge in [0.1, 0.15) is 5.69 Å². The van der Waals surface area contributed by atoms with E-state index < -0.39 is 0 Å². The lowest BCUT2D eigenvalue weighted by atomic mass is 10.2. The number of hydrogen-bond donors (Lipinski definition) is 2. The van der Waals surface area contributed by atoms with Crippen LogP contribution in [0.5, 0.6) is 0 Å². The third-order valence-electron chi connectivity index (χ3n) is 2.76. The molecule has 0 atom stereocenters. The Morgan fingerprint density at radius 2 is 2.10 bits per heavy atom. The minimum atomic E-state index is -0.228. The van der Waals surface area contributed by atoms with Crippen LogP contribution in [0.4, 0.5) is 0 Å². The van der Waals surface area contributed by atoms with Gasteiger partial charge in [-0.05, 0) is 30.7 Å². The zero-order valence-electron chi connectivity index (χ0n) is 11.8. The molecule has 0 aromatic carbocycles. The first-order valence-corrected chi connectivity index (χ1v) is 6.54.